The van der Waals surface area contributed by atoms with Gasteiger partial charge < -0.3 is 14.5 Å². The van der Waals surface area contributed by atoms with E-state index in [1.54, 1.807) is 0 Å². The monoisotopic (exact) mass is 297 g/mol. The smallest absolute Gasteiger partial charge is 0.395 e. The van der Waals surface area contributed by atoms with Crippen molar-refractivity contribution in [2.75, 3.05) is 32.8 Å². The lowest BCUT2D eigenvalue weighted by molar-refractivity contribution is -0.402. The molecule has 21 heavy (non-hydrogen) atoms. The van der Waals surface area contributed by atoms with Gasteiger partial charge in [-0.1, -0.05) is 0 Å². The number of nitrogens with zero attached hydrogens (tertiary/aromatic N) is 2. The van der Waals surface area contributed by atoms with Gasteiger partial charge in [0.25, 0.3) is 5.91 Å². The van der Waals surface area contributed by atoms with Crippen LogP contribution in [0.4, 0.5) is 5.88 Å². The molecule has 0 spiro atoms. The quantitative estimate of drug-likeness (QED) is 0.644. The SMILES string of the molecule is CC(C)(CNC(=O)c1ccc([N+](=O)[O-])o1)N1CCOCC1. The minimum Gasteiger partial charge on any atom is -0.395 e. The minimum absolute atomic E-state index is 0.0560. The van der Waals surface area contributed by atoms with Crippen molar-refractivity contribution in [2.24, 2.45) is 0 Å². The van der Waals surface area contributed by atoms with Gasteiger partial charge in [0.2, 0.25) is 0 Å². The molecule has 8 heteroatoms. The summed E-state index contributed by atoms with van der Waals surface area (Å²) in [5.41, 5.74) is -0.224. The third kappa shape index (κ3) is 3.79. The average molecular weight is 297 g/mol. The van der Waals surface area contributed by atoms with Gasteiger partial charge in [-0.3, -0.25) is 19.8 Å². The molecule has 0 radical (unpaired) electrons. The number of carbonyl (C=O) groups is 1. The molecule has 0 bridgehead atoms. The third-order valence-corrected chi connectivity index (χ3v) is 3.54. The molecule has 0 atom stereocenters. The van der Waals surface area contributed by atoms with E-state index in [0.717, 1.165) is 13.1 Å². The number of carbonyl (C=O) groups excluding carboxylic acids is 1. The van der Waals surface area contributed by atoms with Crippen molar-refractivity contribution in [3.8, 4) is 0 Å². The van der Waals surface area contributed by atoms with Crippen LogP contribution in [-0.4, -0.2) is 54.1 Å². The van der Waals surface area contributed by atoms with E-state index in [9.17, 15) is 14.9 Å². The maximum Gasteiger partial charge on any atom is 0.433 e. The van der Waals surface area contributed by atoms with Gasteiger partial charge in [-0.25, -0.2) is 0 Å². The number of morpholine rings is 1. The van der Waals surface area contributed by atoms with Crippen molar-refractivity contribution >= 4 is 11.8 Å². The van der Waals surface area contributed by atoms with Crippen LogP contribution in [0.5, 0.6) is 0 Å². The summed E-state index contributed by atoms with van der Waals surface area (Å²) in [7, 11) is 0. The fourth-order valence-corrected chi connectivity index (χ4v) is 2.21. The Morgan fingerprint density at radius 2 is 2.10 bits per heavy atom. The molecule has 1 aromatic rings. The molecule has 8 nitrogen and oxygen atoms in total. The second-order valence-corrected chi connectivity index (χ2v) is 5.49. The van der Waals surface area contributed by atoms with Gasteiger partial charge in [-0.05, 0) is 19.9 Å². The summed E-state index contributed by atoms with van der Waals surface area (Å²) in [5, 5.41) is 13.3. The predicted octanol–water partition coefficient (Wildman–Crippen LogP) is 1.03. The summed E-state index contributed by atoms with van der Waals surface area (Å²) < 4.78 is 10.2. The normalized spacial score (nSPS) is 16.7. The highest BCUT2D eigenvalue weighted by Crippen LogP contribution is 2.17. The summed E-state index contributed by atoms with van der Waals surface area (Å²) in [5.74, 6) is -0.948. The van der Waals surface area contributed by atoms with Crippen LogP contribution in [0.3, 0.4) is 0 Å². The Bertz CT molecular complexity index is 520. The number of nitro groups is 1. The van der Waals surface area contributed by atoms with Gasteiger partial charge in [0, 0.05) is 25.2 Å². The summed E-state index contributed by atoms with van der Waals surface area (Å²) in [4.78, 5) is 24.0. The molecule has 1 N–H and O–H groups in total. The van der Waals surface area contributed by atoms with Crippen LogP contribution in [0.2, 0.25) is 0 Å². The van der Waals surface area contributed by atoms with Gasteiger partial charge >= 0.3 is 5.88 Å². The molecule has 1 aliphatic rings. The second-order valence-electron chi connectivity index (χ2n) is 5.49. The minimum atomic E-state index is -0.672. The topological polar surface area (TPSA) is 97.8 Å². The Balaban J connectivity index is 1.91. The van der Waals surface area contributed by atoms with Gasteiger partial charge in [0.1, 0.15) is 4.92 Å². The Morgan fingerprint density at radius 1 is 1.43 bits per heavy atom. The first kappa shape index (κ1) is 15.5. The van der Waals surface area contributed by atoms with Crippen LogP contribution >= 0.6 is 0 Å². The van der Waals surface area contributed by atoms with Gasteiger partial charge in [0.15, 0.2) is 5.76 Å². The molecular weight excluding hydrogens is 278 g/mol. The summed E-state index contributed by atoms with van der Waals surface area (Å²) in [6.07, 6.45) is 0. The van der Waals surface area contributed by atoms with Crippen LogP contribution in [0, 0.1) is 10.1 Å². The number of ether oxygens (including phenoxy) is 1. The molecule has 1 saturated heterocycles. The van der Waals surface area contributed by atoms with E-state index in [-0.39, 0.29) is 11.3 Å². The second kappa shape index (κ2) is 6.23. The number of furan rings is 1. The number of hydrogen-bond donors (Lipinski definition) is 1. The Morgan fingerprint density at radius 3 is 2.67 bits per heavy atom. The Hall–Kier alpha value is -1.93. The number of hydrogen-bond acceptors (Lipinski definition) is 6. The first-order valence-electron chi connectivity index (χ1n) is 6.75. The molecule has 0 saturated carbocycles. The fraction of sp³-hybridized carbons (Fsp3) is 0.615. The molecule has 1 amide bonds. The average Bonchev–Trinajstić information content (AvgIpc) is 2.96. The maximum absolute atomic E-state index is 11.9. The molecular formula is C13H19N3O5. The zero-order valence-electron chi connectivity index (χ0n) is 12.1. The van der Waals surface area contributed by atoms with Crippen molar-refractivity contribution in [2.45, 2.75) is 19.4 Å². The van der Waals surface area contributed by atoms with Crippen LogP contribution in [0.25, 0.3) is 0 Å². The molecule has 0 aliphatic carbocycles. The lowest BCUT2D eigenvalue weighted by Crippen LogP contribution is -2.55. The first-order valence-corrected chi connectivity index (χ1v) is 6.75. The highest BCUT2D eigenvalue weighted by Gasteiger charge is 2.29. The predicted molar refractivity (Wildman–Crippen MR) is 74.2 cm³/mol. The van der Waals surface area contributed by atoms with Gasteiger partial charge in [-0.15, -0.1) is 0 Å². The molecule has 2 rings (SSSR count). The van der Waals surface area contributed by atoms with Crippen LogP contribution in [0.1, 0.15) is 24.4 Å². The van der Waals surface area contributed by atoms with Crippen molar-refractivity contribution in [1.82, 2.24) is 10.2 Å². The third-order valence-electron chi connectivity index (χ3n) is 3.54. The van der Waals surface area contributed by atoms with Crippen molar-refractivity contribution < 1.29 is 18.9 Å². The molecule has 1 aromatic heterocycles. The zero-order valence-corrected chi connectivity index (χ0v) is 12.1. The van der Waals surface area contributed by atoms with E-state index in [1.165, 1.54) is 12.1 Å². The van der Waals surface area contributed by atoms with Crippen molar-refractivity contribution in [3.63, 3.8) is 0 Å². The van der Waals surface area contributed by atoms with Gasteiger partial charge in [-0.2, -0.15) is 0 Å². The summed E-state index contributed by atoms with van der Waals surface area (Å²) in [6, 6.07) is 2.47. The van der Waals surface area contributed by atoms with E-state index in [0.29, 0.717) is 19.8 Å². The van der Waals surface area contributed by atoms with E-state index in [2.05, 4.69) is 10.2 Å². The van der Waals surface area contributed by atoms with E-state index < -0.39 is 16.7 Å². The molecule has 0 aromatic carbocycles. The first-order chi connectivity index (χ1) is 9.90. The number of amides is 1. The number of nitrogens with one attached hydrogen (secondary N) is 1. The standard InChI is InChI=1S/C13H19N3O5/c1-13(2,15-5-7-20-8-6-15)9-14-12(17)10-3-4-11(21-10)16(18)19/h3-4H,5-9H2,1-2H3,(H,14,17). The summed E-state index contributed by atoms with van der Waals surface area (Å²) >= 11 is 0. The zero-order chi connectivity index (χ0) is 15.5. The molecule has 116 valence electrons. The Kier molecular flexibility index (Phi) is 4.59. The summed E-state index contributed by atoms with van der Waals surface area (Å²) in [6.45, 7) is 7.47. The van der Waals surface area contributed by atoms with Crippen LogP contribution < -0.4 is 5.32 Å². The van der Waals surface area contributed by atoms with Crippen LogP contribution in [-0.2, 0) is 4.74 Å². The highest BCUT2D eigenvalue weighted by atomic mass is 16.6. The molecule has 2 heterocycles. The maximum atomic E-state index is 11.9. The lowest BCUT2D eigenvalue weighted by Gasteiger charge is -2.40. The van der Waals surface area contributed by atoms with Crippen LogP contribution in [0.15, 0.2) is 16.5 Å². The largest absolute Gasteiger partial charge is 0.433 e. The van der Waals surface area contributed by atoms with Gasteiger partial charge in [0.05, 0.1) is 19.3 Å². The van der Waals surface area contributed by atoms with Crippen molar-refractivity contribution in [3.05, 3.63) is 28.0 Å². The van der Waals surface area contributed by atoms with Crippen molar-refractivity contribution in [1.29, 1.82) is 0 Å². The molecule has 0 unspecified atom stereocenters. The Labute approximate surface area is 122 Å². The fourth-order valence-electron chi connectivity index (χ4n) is 2.21. The highest BCUT2D eigenvalue weighted by molar-refractivity contribution is 5.91. The lowest BCUT2D eigenvalue weighted by atomic mass is 10.0. The number of rotatable bonds is 5. The van der Waals surface area contributed by atoms with E-state index >= 15 is 0 Å². The molecule has 1 aliphatic heterocycles. The molecule has 1 fully saturated rings. The van der Waals surface area contributed by atoms with E-state index in [4.69, 9.17) is 9.15 Å². The van der Waals surface area contributed by atoms with E-state index in [1.807, 2.05) is 13.8 Å².